The Morgan fingerprint density at radius 1 is 1.00 bits per heavy atom. The van der Waals surface area contributed by atoms with Crippen molar-refractivity contribution in [2.45, 2.75) is 13.5 Å². The van der Waals surface area contributed by atoms with Crippen molar-refractivity contribution in [2.24, 2.45) is 0 Å². The van der Waals surface area contributed by atoms with Crippen LogP contribution in [-0.2, 0) is 6.54 Å². The van der Waals surface area contributed by atoms with Crippen LogP contribution in [0.1, 0.15) is 11.1 Å². The molecule has 0 radical (unpaired) electrons. The molecule has 1 aliphatic heterocycles. The molecular weight excluding hydrogens is 336 g/mol. The van der Waals surface area contributed by atoms with Crippen molar-refractivity contribution in [3.8, 4) is 11.4 Å². The number of imidazole rings is 1. The first-order valence-corrected chi connectivity index (χ1v) is 9.43. The monoisotopic (exact) mass is 362 g/mol. The number of nitrogens with zero attached hydrogens (tertiary/aromatic N) is 4. The first-order valence-electron chi connectivity index (χ1n) is 9.43. The number of rotatable bonds is 5. The van der Waals surface area contributed by atoms with Crippen LogP contribution in [0.15, 0.2) is 60.9 Å². The Kier molecular flexibility index (Phi) is 5.12. The molecule has 0 saturated carbocycles. The van der Waals surface area contributed by atoms with Gasteiger partial charge in [-0.1, -0.05) is 35.9 Å². The van der Waals surface area contributed by atoms with Gasteiger partial charge in [0.2, 0.25) is 5.95 Å². The van der Waals surface area contributed by atoms with E-state index < -0.39 is 0 Å². The van der Waals surface area contributed by atoms with Gasteiger partial charge in [-0.05, 0) is 24.6 Å². The van der Waals surface area contributed by atoms with Crippen LogP contribution in [0.5, 0.6) is 5.75 Å². The number of aromatic nitrogens is 2. The molecule has 1 aromatic heterocycles. The van der Waals surface area contributed by atoms with E-state index in [0.29, 0.717) is 0 Å². The molecule has 4 rings (SSSR count). The molecule has 1 fully saturated rings. The lowest BCUT2D eigenvalue weighted by Crippen LogP contribution is -2.46. The van der Waals surface area contributed by atoms with Gasteiger partial charge >= 0.3 is 0 Å². The van der Waals surface area contributed by atoms with Crippen LogP contribution < -0.4 is 9.64 Å². The SMILES string of the molecule is COc1cccc(-n2ccnc2N2CCN(Cc3cccc(C)c3)CC2)c1. The maximum absolute atomic E-state index is 5.36. The second-order valence-electron chi connectivity index (χ2n) is 7.05. The number of methoxy groups -OCH3 is 1. The molecule has 0 bridgehead atoms. The van der Waals surface area contributed by atoms with Crippen molar-refractivity contribution in [1.82, 2.24) is 14.5 Å². The van der Waals surface area contributed by atoms with Crippen molar-refractivity contribution in [3.05, 3.63) is 72.1 Å². The van der Waals surface area contributed by atoms with Crippen molar-refractivity contribution in [1.29, 1.82) is 0 Å². The predicted molar refractivity (Wildman–Crippen MR) is 109 cm³/mol. The largest absolute Gasteiger partial charge is 0.497 e. The predicted octanol–water partition coefficient (Wildman–Crippen LogP) is 3.51. The standard InChI is InChI=1S/C22H26N4O/c1-18-5-3-6-19(15-18)17-24-11-13-25(14-12-24)22-23-9-10-26(22)20-7-4-8-21(16-20)27-2/h3-10,15-16H,11-14,17H2,1-2H3. The van der Waals surface area contributed by atoms with E-state index in [2.05, 4.69) is 56.6 Å². The summed E-state index contributed by atoms with van der Waals surface area (Å²) < 4.78 is 7.50. The molecule has 0 unspecified atom stereocenters. The van der Waals surface area contributed by atoms with Crippen LogP contribution in [0.3, 0.4) is 0 Å². The number of hydrogen-bond donors (Lipinski definition) is 0. The summed E-state index contributed by atoms with van der Waals surface area (Å²) in [7, 11) is 1.70. The van der Waals surface area contributed by atoms with Gasteiger partial charge < -0.3 is 9.64 Å². The van der Waals surface area contributed by atoms with Crippen molar-refractivity contribution < 1.29 is 4.74 Å². The number of ether oxygens (including phenoxy) is 1. The fraction of sp³-hybridized carbons (Fsp3) is 0.318. The summed E-state index contributed by atoms with van der Waals surface area (Å²) in [6, 6.07) is 16.9. The van der Waals surface area contributed by atoms with E-state index in [1.54, 1.807) is 7.11 Å². The lowest BCUT2D eigenvalue weighted by Gasteiger charge is -2.35. The molecule has 1 saturated heterocycles. The van der Waals surface area contributed by atoms with Crippen LogP contribution in [0.25, 0.3) is 5.69 Å². The molecule has 27 heavy (non-hydrogen) atoms. The highest BCUT2D eigenvalue weighted by atomic mass is 16.5. The number of aryl methyl sites for hydroxylation is 1. The molecule has 0 amide bonds. The molecular formula is C22H26N4O. The van der Waals surface area contributed by atoms with E-state index in [1.165, 1.54) is 11.1 Å². The van der Waals surface area contributed by atoms with Gasteiger partial charge in [0, 0.05) is 51.2 Å². The minimum atomic E-state index is 0.857. The maximum atomic E-state index is 5.36. The Balaban J connectivity index is 1.44. The van der Waals surface area contributed by atoms with E-state index in [0.717, 1.165) is 50.1 Å². The number of benzene rings is 2. The second kappa shape index (κ2) is 7.84. The average molecular weight is 362 g/mol. The molecule has 0 spiro atoms. The molecule has 5 nitrogen and oxygen atoms in total. The number of piperazine rings is 1. The Hall–Kier alpha value is -2.79. The highest BCUT2D eigenvalue weighted by Crippen LogP contribution is 2.23. The van der Waals surface area contributed by atoms with E-state index in [1.807, 2.05) is 30.6 Å². The second-order valence-corrected chi connectivity index (χ2v) is 7.05. The Morgan fingerprint density at radius 2 is 1.81 bits per heavy atom. The zero-order valence-corrected chi connectivity index (χ0v) is 16.0. The summed E-state index contributed by atoms with van der Waals surface area (Å²) in [6.45, 7) is 7.21. The highest BCUT2D eigenvalue weighted by molar-refractivity contribution is 5.47. The van der Waals surface area contributed by atoms with Crippen LogP contribution in [0.2, 0.25) is 0 Å². The van der Waals surface area contributed by atoms with E-state index >= 15 is 0 Å². The van der Waals surface area contributed by atoms with E-state index in [9.17, 15) is 0 Å². The first kappa shape index (κ1) is 17.6. The fourth-order valence-corrected chi connectivity index (χ4v) is 3.67. The topological polar surface area (TPSA) is 33.5 Å². The summed E-state index contributed by atoms with van der Waals surface area (Å²) in [4.78, 5) is 9.51. The van der Waals surface area contributed by atoms with Gasteiger partial charge in [0.05, 0.1) is 12.8 Å². The minimum absolute atomic E-state index is 0.857. The summed E-state index contributed by atoms with van der Waals surface area (Å²) in [5, 5.41) is 0. The van der Waals surface area contributed by atoms with Gasteiger partial charge in [-0.25, -0.2) is 4.98 Å². The summed E-state index contributed by atoms with van der Waals surface area (Å²) >= 11 is 0. The molecule has 0 aliphatic carbocycles. The van der Waals surface area contributed by atoms with Crippen LogP contribution in [-0.4, -0.2) is 47.7 Å². The zero-order chi connectivity index (χ0) is 18.6. The normalized spacial score (nSPS) is 15.1. The minimum Gasteiger partial charge on any atom is -0.497 e. The third kappa shape index (κ3) is 3.98. The molecule has 2 aromatic carbocycles. The summed E-state index contributed by atoms with van der Waals surface area (Å²) in [6.07, 6.45) is 3.89. The summed E-state index contributed by atoms with van der Waals surface area (Å²) in [5.74, 6) is 1.86. The molecule has 1 aliphatic rings. The third-order valence-corrected chi connectivity index (χ3v) is 5.10. The van der Waals surface area contributed by atoms with Gasteiger partial charge in [-0.2, -0.15) is 0 Å². The van der Waals surface area contributed by atoms with Crippen molar-refractivity contribution >= 4 is 5.95 Å². The molecule has 0 N–H and O–H groups in total. The molecule has 0 atom stereocenters. The third-order valence-electron chi connectivity index (χ3n) is 5.10. The highest BCUT2D eigenvalue weighted by Gasteiger charge is 2.21. The zero-order valence-electron chi connectivity index (χ0n) is 16.0. The quantitative estimate of drug-likeness (QED) is 0.695. The number of hydrogen-bond acceptors (Lipinski definition) is 4. The van der Waals surface area contributed by atoms with Crippen molar-refractivity contribution in [2.75, 3.05) is 38.2 Å². The van der Waals surface area contributed by atoms with Gasteiger partial charge in [0.25, 0.3) is 0 Å². The van der Waals surface area contributed by atoms with Gasteiger partial charge in [-0.15, -0.1) is 0 Å². The Bertz CT molecular complexity index is 897. The molecule has 2 heterocycles. The molecule has 5 heteroatoms. The van der Waals surface area contributed by atoms with E-state index in [-0.39, 0.29) is 0 Å². The first-order chi connectivity index (χ1) is 13.2. The Morgan fingerprint density at radius 3 is 2.59 bits per heavy atom. The Labute approximate surface area is 160 Å². The van der Waals surface area contributed by atoms with Gasteiger partial charge in [0.1, 0.15) is 5.75 Å². The van der Waals surface area contributed by atoms with Crippen LogP contribution in [0, 0.1) is 6.92 Å². The fourth-order valence-electron chi connectivity index (χ4n) is 3.67. The molecule has 3 aromatic rings. The van der Waals surface area contributed by atoms with Gasteiger partial charge in [-0.3, -0.25) is 9.47 Å². The lowest BCUT2D eigenvalue weighted by atomic mass is 10.1. The average Bonchev–Trinajstić information content (AvgIpc) is 3.18. The molecule has 140 valence electrons. The van der Waals surface area contributed by atoms with Gasteiger partial charge in [0.15, 0.2) is 0 Å². The maximum Gasteiger partial charge on any atom is 0.210 e. The van der Waals surface area contributed by atoms with Crippen LogP contribution in [0.4, 0.5) is 5.95 Å². The number of anilines is 1. The lowest BCUT2D eigenvalue weighted by molar-refractivity contribution is 0.248. The smallest absolute Gasteiger partial charge is 0.210 e. The summed E-state index contributed by atoms with van der Waals surface area (Å²) in [5.41, 5.74) is 3.79. The van der Waals surface area contributed by atoms with Crippen LogP contribution >= 0.6 is 0 Å². The van der Waals surface area contributed by atoms with Crippen molar-refractivity contribution in [3.63, 3.8) is 0 Å². The van der Waals surface area contributed by atoms with E-state index in [4.69, 9.17) is 4.74 Å².